The zero-order valence-corrected chi connectivity index (χ0v) is 18.7. The summed E-state index contributed by atoms with van der Waals surface area (Å²) in [6.45, 7) is 2.88. The molecule has 5 nitrogen and oxygen atoms in total. The average molecular weight is 461 g/mol. The number of hydrazone groups is 1. The molecule has 1 N–H and O–H groups in total. The van der Waals surface area contributed by atoms with Crippen molar-refractivity contribution in [3.63, 3.8) is 0 Å². The monoisotopic (exact) mass is 460 g/mol. The third-order valence-corrected chi connectivity index (χ3v) is 5.00. The van der Waals surface area contributed by atoms with Crippen molar-refractivity contribution in [3.05, 3.63) is 58.1 Å². The number of halogens is 1. The molecule has 2 aromatic carbocycles. The van der Waals surface area contributed by atoms with Crippen LogP contribution in [0.1, 0.15) is 61.4 Å². The first-order valence-corrected chi connectivity index (χ1v) is 10.8. The predicted octanol–water partition coefficient (Wildman–Crippen LogP) is 5.96. The number of carbonyl (C=O) groups excluding carboxylic acids is 1. The predicted molar refractivity (Wildman–Crippen MR) is 121 cm³/mol. The number of benzene rings is 2. The third kappa shape index (κ3) is 7.89. The highest BCUT2D eigenvalue weighted by molar-refractivity contribution is 9.10. The normalized spacial score (nSPS) is 10.9. The van der Waals surface area contributed by atoms with Gasteiger partial charge in [0.1, 0.15) is 0 Å². The summed E-state index contributed by atoms with van der Waals surface area (Å²) in [5.41, 5.74) is 3.87. The second kappa shape index (κ2) is 13.0. The molecule has 156 valence electrons. The molecule has 0 aliphatic heterocycles. The molecule has 0 spiro atoms. The molecule has 0 aliphatic rings. The highest BCUT2D eigenvalue weighted by atomic mass is 79.9. The Morgan fingerprint density at radius 1 is 1.10 bits per heavy atom. The Bertz CT molecular complexity index is 794. The molecule has 0 aliphatic carbocycles. The molecule has 0 bridgehead atoms. The number of rotatable bonds is 12. The van der Waals surface area contributed by atoms with E-state index in [1.807, 2.05) is 30.3 Å². The molecule has 0 unspecified atom stereocenters. The quantitative estimate of drug-likeness (QED) is 0.241. The van der Waals surface area contributed by atoms with Crippen LogP contribution in [0.3, 0.4) is 0 Å². The van der Waals surface area contributed by atoms with Crippen LogP contribution in [-0.2, 0) is 0 Å². The Morgan fingerprint density at radius 2 is 1.83 bits per heavy atom. The zero-order chi connectivity index (χ0) is 20.9. The molecule has 2 aromatic rings. The van der Waals surface area contributed by atoms with Gasteiger partial charge in [0.2, 0.25) is 0 Å². The van der Waals surface area contributed by atoms with Crippen LogP contribution in [0.15, 0.2) is 52.0 Å². The number of methoxy groups -OCH3 is 1. The highest BCUT2D eigenvalue weighted by Crippen LogP contribution is 2.36. The molecule has 0 saturated heterocycles. The van der Waals surface area contributed by atoms with Gasteiger partial charge in [0.05, 0.1) is 24.4 Å². The van der Waals surface area contributed by atoms with E-state index >= 15 is 0 Å². The maximum Gasteiger partial charge on any atom is 0.271 e. The van der Waals surface area contributed by atoms with E-state index in [0.717, 1.165) is 16.5 Å². The van der Waals surface area contributed by atoms with Crippen LogP contribution >= 0.6 is 15.9 Å². The van der Waals surface area contributed by atoms with Crippen molar-refractivity contribution in [2.45, 2.75) is 45.4 Å². The summed E-state index contributed by atoms with van der Waals surface area (Å²) < 4.78 is 12.2. The van der Waals surface area contributed by atoms with Crippen LogP contribution in [0.25, 0.3) is 0 Å². The van der Waals surface area contributed by atoms with E-state index in [4.69, 9.17) is 9.47 Å². The van der Waals surface area contributed by atoms with Crippen LogP contribution in [0, 0.1) is 0 Å². The average Bonchev–Trinajstić information content (AvgIpc) is 2.74. The lowest BCUT2D eigenvalue weighted by Gasteiger charge is -2.13. The molecule has 0 fully saturated rings. The minimum atomic E-state index is -0.258. The van der Waals surface area contributed by atoms with E-state index in [9.17, 15) is 4.79 Å². The third-order valence-electron chi connectivity index (χ3n) is 4.41. The number of nitrogens with one attached hydrogen (secondary N) is 1. The van der Waals surface area contributed by atoms with Crippen LogP contribution in [-0.4, -0.2) is 25.8 Å². The number of hydrogen-bond acceptors (Lipinski definition) is 4. The van der Waals surface area contributed by atoms with E-state index < -0.39 is 0 Å². The maximum absolute atomic E-state index is 12.0. The number of amides is 1. The van der Waals surface area contributed by atoms with Crippen molar-refractivity contribution in [1.82, 2.24) is 5.43 Å². The molecule has 0 atom stereocenters. The van der Waals surface area contributed by atoms with Gasteiger partial charge in [-0.15, -0.1) is 0 Å². The summed E-state index contributed by atoms with van der Waals surface area (Å²) in [6.07, 6.45) is 8.87. The molecule has 6 heteroatoms. The van der Waals surface area contributed by atoms with Gasteiger partial charge in [-0.05, 0) is 52.2 Å². The van der Waals surface area contributed by atoms with E-state index in [1.165, 1.54) is 32.1 Å². The van der Waals surface area contributed by atoms with Crippen LogP contribution in [0.4, 0.5) is 0 Å². The summed E-state index contributed by atoms with van der Waals surface area (Å²) in [7, 11) is 1.61. The SMILES string of the molecule is CCCCCCCCOc1c(Br)cc(/C=N/NC(=O)c2ccccc2)cc1OC. The van der Waals surface area contributed by atoms with Gasteiger partial charge in [-0.25, -0.2) is 5.43 Å². The van der Waals surface area contributed by atoms with Crippen molar-refractivity contribution < 1.29 is 14.3 Å². The fourth-order valence-electron chi connectivity index (χ4n) is 2.83. The van der Waals surface area contributed by atoms with Crippen molar-refractivity contribution in [2.75, 3.05) is 13.7 Å². The minimum absolute atomic E-state index is 0.258. The molecule has 0 radical (unpaired) electrons. The Morgan fingerprint density at radius 3 is 2.55 bits per heavy atom. The largest absolute Gasteiger partial charge is 0.493 e. The fraction of sp³-hybridized carbons (Fsp3) is 0.391. The summed E-state index contributed by atoms with van der Waals surface area (Å²) in [4.78, 5) is 12.0. The number of nitrogens with zero attached hydrogens (tertiary/aromatic N) is 1. The lowest BCUT2D eigenvalue weighted by atomic mass is 10.1. The van der Waals surface area contributed by atoms with E-state index in [0.29, 0.717) is 23.7 Å². The van der Waals surface area contributed by atoms with Crippen LogP contribution < -0.4 is 14.9 Å². The first-order valence-electron chi connectivity index (χ1n) is 10.0. The summed E-state index contributed by atoms with van der Waals surface area (Å²) >= 11 is 3.55. The molecule has 0 aromatic heterocycles. The first kappa shape index (κ1) is 22.9. The first-order chi connectivity index (χ1) is 14.2. The molecule has 29 heavy (non-hydrogen) atoms. The summed E-state index contributed by atoms with van der Waals surface area (Å²) in [6, 6.07) is 12.7. The number of ether oxygens (including phenoxy) is 2. The fourth-order valence-corrected chi connectivity index (χ4v) is 3.40. The van der Waals surface area contributed by atoms with Crippen molar-refractivity contribution in [2.24, 2.45) is 5.10 Å². The second-order valence-corrected chi connectivity index (χ2v) is 7.57. The molecular formula is C23H29BrN2O3. The number of hydrogen-bond donors (Lipinski definition) is 1. The van der Waals surface area contributed by atoms with Gasteiger partial charge in [0.25, 0.3) is 5.91 Å². The van der Waals surface area contributed by atoms with E-state index in [2.05, 4.69) is 33.4 Å². The number of carbonyl (C=O) groups is 1. The molecule has 0 heterocycles. The van der Waals surface area contributed by atoms with E-state index in [1.54, 1.807) is 25.5 Å². The van der Waals surface area contributed by atoms with Gasteiger partial charge in [0, 0.05) is 5.56 Å². The highest BCUT2D eigenvalue weighted by Gasteiger charge is 2.11. The van der Waals surface area contributed by atoms with Crippen molar-refractivity contribution in [3.8, 4) is 11.5 Å². The van der Waals surface area contributed by atoms with E-state index in [-0.39, 0.29) is 5.91 Å². The second-order valence-electron chi connectivity index (χ2n) is 6.72. The standard InChI is InChI=1S/C23H29BrN2O3/c1-3-4-5-6-7-11-14-29-22-20(24)15-18(16-21(22)28-2)17-25-26-23(27)19-12-9-8-10-13-19/h8-10,12-13,15-17H,3-7,11,14H2,1-2H3,(H,26,27)/b25-17+. The number of unbranched alkanes of at least 4 members (excludes halogenated alkanes) is 5. The smallest absolute Gasteiger partial charge is 0.271 e. The molecular weight excluding hydrogens is 432 g/mol. The Kier molecular flexibility index (Phi) is 10.3. The molecule has 0 saturated carbocycles. The van der Waals surface area contributed by atoms with Crippen molar-refractivity contribution >= 4 is 28.1 Å². The Balaban J connectivity index is 1.90. The molecule has 2 rings (SSSR count). The van der Waals surface area contributed by atoms with Crippen LogP contribution in [0.5, 0.6) is 11.5 Å². The van der Waals surface area contributed by atoms with Gasteiger partial charge < -0.3 is 9.47 Å². The Hall–Kier alpha value is -2.34. The van der Waals surface area contributed by atoms with Crippen LogP contribution in [0.2, 0.25) is 0 Å². The van der Waals surface area contributed by atoms with Gasteiger partial charge in [-0.3, -0.25) is 4.79 Å². The van der Waals surface area contributed by atoms with Gasteiger partial charge in [-0.2, -0.15) is 5.10 Å². The lowest BCUT2D eigenvalue weighted by molar-refractivity contribution is 0.0955. The summed E-state index contributed by atoms with van der Waals surface area (Å²) in [5, 5.41) is 4.03. The minimum Gasteiger partial charge on any atom is -0.493 e. The maximum atomic E-state index is 12.0. The Labute approximate surface area is 181 Å². The lowest BCUT2D eigenvalue weighted by Crippen LogP contribution is -2.17. The van der Waals surface area contributed by atoms with Gasteiger partial charge >= 0.3 is 0 Å². The zero-order valence-electron chi connectivity index (χ0n) is 17.1. The van der Waals surface area contributed by atoms with Gasteiger partial charge in [0.15, 0.2) is 11.5 Å². The van der Waals surface area contributed by atoms with Gasteiger partial charge in [-0.1, -0.05) is 57.2 Å². The topological polar surface area (TPSA) is 59.9 Å². The summed E-state index contributed by atoms with van der Waals surface area (Å²) in [5.74, 6) is 1.06. The van der Waals surface area contributed by atoms with Crippen molar-refractivity contribution in [1.29, 1.82) is 0 Å². The molecule has 1 amide bonds.